The zero-order valence-corrected chi connectivity index (χ0v) is 16.9. The highest BCUT2D eigenvalue weighted by atomic mass is 16.2. The van der Waals surface area contributed by atoms with Crippen LogP contribution in [0.15, 0.2) is 48.7 Å². The van der Waals surface area contributed by atoms with Crippen LogP contribution in [0.25, 0.3) is 5.52 Å². The molecule has 0 spiro atoms. The maximum absolute atomic E-state index is 13.0. The number of amides is 2. The van der Waals surface area contributed by atoms with E-state index in [1.54, 1.807) is 22.7 Å². The van der Waals surface area contributed by atoms with Crippen molar-refractivity contribution >= 4 is 23.0 Å². The van der Waals surface area contributed by atoms with Crippen molar-refractivity contribution in [3.8, 4) is 0 Å². The first-order chi connectivity index (χ1) is 13.2. The molecule has 0 saturated heterocycles. The third kappa shape index (κ3) is 4.06. The highest BCUT2D eigenvalue weighted by Crippen LogP contribution is 2.25. The standard InChI is InChI=1S/C22H26N4O2/c1-14(2)15-10-6-7-11-16(15)23-20(27)18-17-12-8-9-13-26(17)19(24-18)21(28)25-22(3,4)5/h6-14H,1-5H3,(H,23,27)(H,25,28). The molecule has 6 nitrogen and oxygen atoms in total. The van der Waals surface area contributed by atoms with Gasteiger partial charge in [0.05, 0.1) is 5.52 Å². The number of anilines is 1. The molecule has 6 heteroatoms. The zero-order valence-electron chi connectivity index (χ0n) is 16.9. The van der Waals surface area contributed by atoms with E-state index < -0.39 is 5.54 Å². The van der Waals surface area contributed by atoms with Crippen molar-refractivity contribution in [3.05, 3.63) is 65.7 Å². The fraction of sp³-hybridized carbons (Fsp3) is 0.318. The van der Waals surface area contributed by atoms with Crippen LogP contribution in [0.3, 0.4) is 0 Å². The van der Waals surface area contributed by atoms with Gasteiger partial charge in [0.1, 0.15) is 0 Å². The van der Waals surface area contributed by atoms with Crippen LogP contribution in [0.2, 0.25) is 0 Å². The van der Waals surface area contributed by atoms with E-state index in [9.17, 15) is 9.59 Å². The lowest BCUT2D eigenvalue weighted by Gasteiger charge is -2.19. The predicted molar refractivity (Wildman–Crippen MR) is 111 cm³/mol. The molecule has 28 heavy (non-hydrogen) atoms. The second-order valence-corrected chi connectivity index (χ2v) is 8.14. The number of fused-ring (bicyclic) bond motifs is 1. The van der Waals surface area contributed by atoms with Crippen LogP contribution in [-0.4, -0.2) is 26.7 Å². The first-order valence-electron chi connectivity index (χ1n) is 9.37. The number of pyridine rings is 1. The van der Waals surface area contributed by atoms with Crippen LogP contribution in [-0.2, 0) is 0 Å². The molecule has 0 aliphatic rings. The second kappa shape index (κ2) is 7.46. The van der Waals surface area contributed by atoms with E-state index in [0.29, 0.717) is 5.52 Å². The minimum absolute atomic E-state index is 0.188. The van der Waals surface area contributed by atoms with Gasteiger partial charge in [0.2, 0.25) is 5.82 Å². The minimum Gasteiger partial charge on any atom is -0.345 e. The van der Waals surface area contributed by atoms with Gasteiger partial charge in [-0.25, -0.2) is 4.98 Å². The first kappa shape index (κ1) is 19.6. The number of rotatable bonds is 4. The summed E-state index contributed by atoms with van der Waals surface area (Å²) >= 11 is 0. The van der Waals surface area contributed by atoms with E-state index in [4.69, 9.17) is 0 Å². The number of imidazole rings is 1. The Labute approximate surface area is 165 Å². The Morgan fingerprint density at radius 2 is 1.68 bits per heavy atom. The van der Waals surface area contributed by atoms with E-state index in [0.717, 1.165) is 11.3 Å². The predicted octanol–water partition coefficient (Wildman–Crippen LogP) is 4.24. The highest BCUT2D eigenvalue weighted by Gasteiger charge is 2.24. The molecule has 3 aromatic rings. The van der Waals surface area contributed by atoms with Crippen molar-refractivity contribution < 1.29 is 9.59 Å². The fourth-order valence-corrected chi connectivity index (χ4v) is 3.06. The maximum Gasteiger partial charge on any atom is 0.288 e. The Kier molecular flexibility index (Phi) is 5.23. The molecule has 3 rings (SSSR count). The van der Waals surface area contributed by atoms with Crippen LogP contribution < -0.4 is 10.6 Å². The molecular formula is C22H26N4O2. The molecule has 2 aromatic heterocycles. The molecule has 0 atom stereocenters. The van der Waals surface area contributed by atoms with E-state index in [2.05, 4.69) is 29.5 Å². The Morgan fingerprint density at radius 3 is 2.36 bits per heavy atom. The monoisotopic (exact) mass is 378 g/mol. The normalized spacial score (nSPS) is 11.6. The third-order valence-corrected chi connectivity index (χ3v) is 4.29. The largest absolute Gasteiger partial charge is 0.345 e. The number of hydrogen-bond donors (Lipinski definition) is 2. The first-order valence-corrected chi connectivity index (χ1v) is 9.37. The average molecular weight is 378 g/mol. The van der Waals surface area contributed by atoms with E-state index >= 15 is 0 Å². The van der Waals surface area contributed by atoms with E-state index in [1.807, 2.05) is 51.1 Å². The summed E-state index contributed by atoms with van der Waals surface area (Å²) in [6, 6.07) is 13.1. The Balaban J connectivity index is 2.00. The summed E-state index contributed by atoms with van der Waals surface area (Å²) in [4.78, 5) is 30.1. The van der Waals surface area contributed by atoms with Crippen LogP contribution >= 0.6 is 0 Å². The second-order valence-electron chi connectivity index (χ2n) is 8.14. The number of nitrogens with one attached hydrogen (secondary N) is 2. The molecule has 0 unspecified atom stereocenters. The van der Waals surface area contributed by atoms with Gasteiger partial charge >= 0.3 is 0 Å². The quantitative estimate of drug-likeness (QED) is 0.713. The molecule has 0 radical (unpaired) electrons. The summed E-state index contributed by atoms with van der Waals surface area (Å²) in [7, 11) is 0. The molecule has 2 amide bonds. The molecular weight excluding hydrogens is 352 g/mol. The van der Waals surface area contributed by atoms with Gasteiger partial charge in [-0.2, -0.15) is 0 Å². The smallest absolute Gasteiger partial charge is 0.288 e. The van der Waals surface area contributed by atoms with Gasteiger partial charge in [-0.05, 0) is 50.5 Å². The van der Waals surface area contributed by atoms with Crippen LogP contribution in [0, 0.1) is 0 Å². The number of nitrogens with zero attached hydrogens (tertiary/aromatic N) is 2. The molecule has 0 saturated carbocycles. The number of hydrogen-bond acceptors (Lipinski definition) is 3. The van der Waals surface area contributed by atoms with Crippen LogP contribution in [0.4, 0.5) is 5.69 Å². The lowest BCUT2D eigenvalue weighted by atomic mass is 10.0. The summed E-state index contributed by atoms with van der Waals surface area (Å²) in [5.74, 6) is -0.210. The summed E-state index contributed by atoms with van der Waals surface area (Å²) in [6.45, 7) is 9.85. The SMILES string of the molecule is CC(C)c1ccccc1NC(=O)c1nc(C(=O)NC(C)(C)C)n2ccccc12. The third-order valence-electron chi connectivity index (χ3n) is 4.29. The van der Waals surface area contributed by atoms with Crippen molar-refractivity contribution in [2.75, 3.05) is 5.32 Å². The average Bonchev–Trinajstić information content (AvgIpc) is 3.00. The summed E-state index contributed by atoms with van der Waals surface area (Å²) < 4.78 is 1.64. The highest BCUT2D eigenvalue weighted by molar-refractivity contribution is 6.09. The molecule has 0 bridgehead atoms. The summed E-state index contributed by atoms with van der Waals surface area (Å²) in [5.41, 5.74) is 2.20. The van der Waals surface area contributed by atoms with Crippen molar-refractivity contribution in [2.24, 2.45) is 0 Å². The molecule has 0 aliphatic carbocycles. The van der Waals surface area contributed by atoms with E-state index in [-0.39, 0.29) is 29.3 Å². The van der Waals surface area contributed by atoms with Gasteiger partial charge in [0, 0.05) is 17.4 Å². The Bertz CT molecular complexity index is 1030. The van der Waals surface area contributed by atoms with Gasteiger partial charge in [-0.15, -0.1) is 0 Å². The molecule has 2 heterocycles. The van der Waals surface area contributed by atoms with Crippen molar-refractivity contribution in [3.63, 3.8) is 0 Å². The zero-order chi connectivity index (χ0) is 20.5. The number of carbonyl (C=O) groups excluding carboxylic acids is 2. The summed E-state index contributed by atoms with van der Waals surface area (Å²) in [6.07, 6.45) is 1.73. The molecule has 0 fully saturated rings. The van der Waals surface area contributed by atoms with Gasteiger partial charge < -0.3 is 10.6 Å². The van der Waals surface area contributed by atoms with Crippen LogP contribution in [0.5, 0.6) is 0 Å². The molecule has 1 aromatic carbocycles. The van der Waals surface area contributed by atoms with Crippen molar-refractivity contribution in [1.82, 2.24) is 14.7 Å². The summed E-state index contributed by atoms with van der Waals surface area (Å²) in [5, 5.41) is 5.85. The van der Waals surface area contributed by atoms with Gasteiger partial charge in [-0.3, -0.25) is 14.0 Å². The number of benzene rings is 1. The number of aromatic nitrogens is 2. The Morgan fingerprint density at radius 1 is 1.00 bits per heavy atom. The van der Waals surface area contributed by atoms with Gasteiger partial charge in [-0.1, -0.05) is 38.1 Å². The minimum atomic E-state index is -0.406. The topological polar surface area (TPSA) is 75.5 Å². The lowest BCUT2D eigenvalue weighted by molar-refractivity contribution is 0.0908. The van der Waals surface area contributed by atoms with Gasteiger partial charge in [0.15, 0.2) is 5.69 Å². The fourth-order valence-electron chi connectivity index (χ4n) is 3.06. The molecule has 146 valence electrons. The maximum atomic E-state index is 13.0. The lowest BCUT2D eigenvalue weighted by Crippen LogP contribution is -2.41. The number of carbonyl (C=O) groups is 2. The number of para-hydroxylation sites is 1. The van der Waals surface area contributed by atoms with Gasteiger partial charge in [0.25, 0.3) is 11.8 Å². The van der Waals surface area contributed by atoms with Crippen molar-refractivity contribution in [1.29, 1.82) is 0 Å². The van der Waals surface area contributed by atoms with Crippen LogP contribution in [0.1, 0.15) is 67.2 Å². The van der Waals surface area contributed by atoms with Crippen molar-refractivity contribution in [2.45, 2.75) is 46.1 Å². The molecule has 2 N–H and O–H groups in total. The molecule has 0 aliphatic heterocycles. The van der Waals surface area contributed by atoms with E-state index in [1.165, 1.54) is 0 Å². The Hall–Kier alpha value is -3.15.